The summed E-state index contributed by atoms with van der Waals surface area (Å²) in [5, 5.41) is 18.5. The number of hydrogen-bond acceptors (Lipinski definition) is 4. The zero-order valence-corrected chi connectivity index (χ0v) is 11.6. The minimum atomic E-state index is -1.18. The van der Waals surface area contributed by atoms with Crippen molar-refractivity contribution in [3.05, 3.63) is 29.0 Å². The lowest BCUT2D eigenvalue weighted by atomic mass is 10.2. The Bertz CT molecular complexity index is 567. The Hall–Kier alpha value is -1.86. The van der Waals surface area contributed by atoms with Crippen LogP contribution in [0, 0.1) is 5.82 Å². The minimum absolute atomic E-state index is 0.0130. The molecule has 1 heterocycles. The summed E-state index contributed by atoms with van der Waals surface area (Å²) in [6, 6.07) is 2.38. The standard InChI is InChI=1S/C13H13ClFNO5/c14-9-3-7(15)1-2-11(9)21-6-12(18)16-5-8(17)4-10(16)13(19)20/h1-3,8,10,17H,4-6H2,(H,19,20). The number of halogens is 2. The SMILES string of the molecule is O=C(O)C1CC(O)CN1C(=O)COc1ccc(F)cc1Cl. The third kappa shape index (κ3) is 3.62. The van der Waals surface area contributed by atoms with Crippen molar-refractivity contribution >= 4 is 23.5 Å². The van der Waals surface area contributed by atoms with Gasteiger partial charge in [-0.25, -0.2) is 9.18 Å². The van der Waals surface area contributed by atoms with E-state index in [9.17, 15) is 19.1 Å². The molecule has 1 aliphatic rings. The van der Waals surface area contributed by atoms with Crippen molar-refractivity contribution in [3.8, 4) is 5.75 Å². The molecular weight excluding hydrogens is 305 g/mol. The zero-order valence-electron chi connectivity index (χ0n) is 10.8. The second-order valence-electron chi connectivity index (χ2n) is 4.65. The molecular formula is C13H13ClFNO5. The number of benzene rings is 1. The Labute approximate surface area is 124 Å². The molecule has 0 aromatic heterocycles. The largest absolute Gasteiger partial charge is 0.482 e. The number of aliphatic hydroxyl groups excluding tert-OH is 1. The van der Waals surface area contributed by atoms with Crippen LogP contribution in [-0.4, -0.2) is 52.3 Å². The summed E-state index contributed by atoms with van der Waals surface area (Å²) < 4.78 is 18.0. The van der Waals surface area contributed by atoms with Crippen LogP contribution in [0.4, 0.5) is 4.39 Å². The molecule has 1 saturated heterocycles. The Morgan fingerprint density at radius 2 is 2.19 bits per heavy atom. The van der Waals surface area contributed by atoms with E-state index in [2.05, 4.69) is 0 Å². The predicted octanol–water partition coefficient (Wildman–Crippen LogP) is 0.904. The Kier molecular flexibility index (Phi) is 4.64. The van der Waals surface area contributed by atoms with Crippen LogP contribution < -0.4 is 4.74 Å². The number of carbonyl (C=O) groups excluding carboxylic acids is 1. The molecule has 0 bridgehead atoms. The minimum Gasteiger partial charge on any atom is -0.482 e. The number of carbonyl (C=O) groups is 2. The first-order chi connectivity index (χ1) is 9.88. The highest BCUT2D eigenvalue weighted by Gasteiger charge is 2.38. The summed E-state index contributed by atoms with van der Waals surface area (Å²) in [5.41, 5.74) is 0. The maximum absolute atomic E-state index is 12.9. The van der Waals surface area contributed by atoms with Gasteiger partial charge in [0.2, 0.25) is 0 Å². The van der Waals surface area contributed by atoms with Crippen molar-refractivity contribution in [2.45, 2.75) is 18.6 Å². The van der Waals surface area contributed by atoms with Gasteiger partial charge in [0.1, 0.15) is 17.6 Å². The third-order valence-corrected chi connectivity index (χ3v) is 3.42. The Morgan fingerprint density at radius 1 is 1.48 bits per heavy atom. The number of ether oxygens (including phenoxy) is 1. The van der Waals surface area contributed by atoms with Gasteiger partial charge in [-0.2, -0.15) is 0 Å². The van der Waals surface area contributed by atoms with Crippen LogP contribution in [0.1, 0.15) is 6.42 Å². The van der Waals surface area contributed by atoms with Crippen LogP contribution >= 0.6 is 11.6 Å². The summed E-state index contributed by atoms with van der Waals surface area (Å²) in [6.45, 7) is -0.502. The maximum atomic E-state index is 12.9. The van der Waals surface area contributed by atoms with E-state index in [1.807, 2.05) is 0 Å². The molecule has 2 atom stereocenters. The molecule has 2 N–H and O–H groups in total. The van der Waals surface area contributed by atoms with E-state index in [0.717, 1.165) is 17.0 Å². The molecule has 0 saturated carbocycles. The number of amides is 1. The number of rotatable bonds is 4. The molecule has 0 aliphatic carbocycles. The first-order valence-electron chi connectivity index (χ1n) is 6.16. The fourth-order valence-electron chi connectivity index (χ4n) is 2.14. The van der Waals surface area contributed by atoms with Gasteiger partial charge in [0.15, 0.2) is 6.61 Å². The molecule has 2 unspecified atom stereocenters. The number of aliphatic carboxylic acids is 1. The van der Waals surface area contributed by atoms with Crippen LogP contribution in [0.3, 0.4) is 0 Å². The topological polar surface area (TPSA) is 87.1 Å². The fraction of sp³-hybridized carbons (Fsp3) is 0.385. The van der Waals surface area contributed by atoms with Gasteiger partial charge in [0, 0.05) is 13.0 Å². The zero-order chi connectivity index (χ0) is 15.6. The van der Waals surface area contributed by atoms with Crippen molar-refractivity contribution < 1.29 is 28.9 Å². The predicted molar refractivity (Wildman–Crippen MR) is 70.7 cm³/mol. The number of nitrogens with zero attached hydrogens (tertiary/aromatic N) is 1. The number of carboxylic acids is 1. The van der Waals surface area contributed by atoms with E-state index < -0.39 is 36.4 Å². The van der Waals surface area contributed by atoms with Crippen LogP contribution in [0.15, 0.2) is 18.2 Å². The number of likely N-dealkylation sites (tertiary alicyclic amines) is 1. The summed E-state index contributed by atoms with van der Waals surface area (Å²) in [6.07, 6.45) is -0.886. The number of hydrogen-bond donors (Lipinski definition) is 2. The van der Waals surface area contributed by atoms with Crippen LogP contribution in [0.25, 0.3) is 0 Å². The molecule has 114 valence electrons. The molecule has 21 heavy (non-hydrogen) atoms. The van der Waals surface area contributed by atoms with Gasteiger partial charge in [-0.3, -0.25) is 4.79 Å². The van der Waals surface area contributed by atoms with Gasteiger partial charge in [-0.15, -0.1) is 0 Å². The van der Waals surface area contributed by atoms with Crippen molar-refractivity contribution in [3.63, 3.8) is 0 Å². The van der Waals surface area contributed by atoms with Crippen LogP contribution in [0.2, 0.25) is 5.02 Å². The highest BCUT2D eigenvalue weighted by atomic mass is 35.5. The number of carboxylic acid groups (broad SMARTS) is 1. The average Bonchev–Trinajstić information content (AvgIpc) is 2.80. The first kappa shape index (κ1) is 15.5. The van der Waals surface area contributed by atoms with E-state index in [1.54, 1.807) is 0 Å². The quantitative estimate of drug-likeness (QED) is 0.861. The molecule has 1 amide bonds. The number of aliphatic hydroxyl groups is 1. The van der Waals surface area contributed by atoms with E-state index in [-0.39, 0.29) is 23.7 Å². The first-order valence-corrected chi connectivity index (χ1v) is 6.54. The van der Waals surface area contributed by atoms with E-state index >= 15 is 0 Å². The highest BCUT2D eigenvalue weighted by Crippen LogP contribution is 2.25. The lowest BCUT2D eigenvalue weighted by molar-refractivity contribution is -0.148. The van der Waals surface area contributed by atoms with Gasteiger partial charge >= 0.3 is 5.97 Å². The lowest BCUT2D eigenvalue weighted by Crippen LogP contribution is -2.42. The van der Waals surface area contributed by atoms with Gasteiger partial charge < -0.3 is 19.8 Å². The average molecular weight is 318 g/mol. The molecule has 6 nitrogen and oxygen atoms in total. The Morgan fingerprint density at radius 3 is 2.81 bits per heavy atom. The molecule has 0 spiro atoms. The van der Waals surface area contributed by atoms with Crippen molar-refractivity contribution in [1.82, 2.24) is 4.90 Å². The summed E-state index contributed by atoms with van der Waals surface area (Å²) in [7, 11) is 0. The smallest absolute Gasteiger partial charge is 0.326 e. The van der Waals surface area contributed by atoms with E-state index in [4.69, 9.17) is 21.4 Å². The number of β-amino-alcohol motifs (C(OH)–C–C–N with tert-alkyl or cyclic N) is 1. The third-order valence-electron chi connectivity index (χ3n) is 3.13. The van der Waals surface area contributed by atoms with Gasteiger partial charge in [0.25, 0.3) is 5.91 Å². The monoisotopic (exact) mass is 317 g/mol. The van der Waals surface area contributed by atoms with Crippen molar-refractivity contribution in [2.24, 2.45) is 0 Å². The van der Waals surface area contributed by atoms with Crippen molar-refractivity contribution in [1.29, 1.82) is 0 Å². The second kappa shape index (κ2) is 6.28. The molecule has 2 rings (SSSR count). The van der Waals surface area contributed by atoms with Gasteiger partial charge in [0.05, 0.1) is 11.1 Å². The molecule has 1 aromatic carbocycles. The maximum Gasteiger partial charge on any atom is 0.326 e. The summed E-state index contributed by atoms with van der Waals surface area (Å²) in [4.78, 5) is 24.0. The fourth-order valence-corrected chi connectivity index (χ4v) is 2.36. The second-order valence-corrected chi connectivity index (χ2v) is 5.06. The van der Waals surface area contributed by atoms with Crippen LogP contribution in [-0.2, 0) is 9.59 Å². The van der Waals surface area contributed by atoms with E-state index in [0.29, 0.717) is 0 Å². The van der Waals surface area contributed by atoms with Gasteiger partial charge in [-0.05, 0) is 18.2 Å². The lowest BCUT2D eigenvalue weighted by Gasteiger charge is -2.21. The Balaban J connectivity index is 1.99. The molecule has 1 fully saturated rings. The van der Waals surface area contributed by atoms with Gasteiger partial charge in [-0.1, -0.05) is 11.6 Å². The molecule has 0 radical (unpaired) electrons. The van der Waals surface area contributed by atoms with Crippen molar-refractivity contribution in [2.75, 3.05) is 13.2 Å². The summed E-state index contributed by atoms with van der Waals surface area (Å²) >= 11 is 5.75. The molecule has 8 heteroatoms. The van der Waals surface area contributed by atoms with Crippen LogP contribution in [0.5, 0.6) is 5.75 Å². The normalized spacial score (nSPS) is 21.4. The molecule has 1 aliphatic heterocycles. The summed E-state index contributed by atoms with van der Waals surface area (Å²) in [5.74, 6) is -2.18. The molecule has 1 aromatic rings. The highest BCUT2D eigenvalue weighted by molar-refractivity contribution is 6.32. The van der Waals surface area contributed by atoms with E-state index in [1.165, 1.54) is 6.07 Å².